The van der Waals surface area contributed by atoms with Crippen molar-refractivity contribution in [2.24, 2.45) is 11.1 Å². The predicted octanol–water partition coefficient (Wildman–Crippen LogP) is 2.52. The molecule has 0 radical (unpaired) electrons. The fourth-order valence-electron chi connectivity index (χ4n) is 2.91. The Morgan fingerprint density at radius 3 is 2.32 bits per heavy atom. The zero-order valence-electron chi connectivity index (χ0n) is 12.7. The highest BCUT2D eigenvalue weighted by molar-refractivity contribution is 5.79. The van der Waals surface area contributed by atoms with Gasteiger partial charge in [-0.25, -0.2) is 0 Å². The van der Waals surface area contributed by atoms with Gasteiger partial charge in [-0.05, 0) is 37.0 Å². The van der Waals surface area contributed by atoms with E-state index < -0.39 is 11.4 Å². The first-order chi connectivity index (χ1) is 10.6. The number of esters is 1. The van der Waals surface area contributed by atoms with Gasteiger partial charge in [-0.2, -0.15) is 0 Å². The molecule has 22 heavy (non-hydrogen) atoms. The molecule has 0 aromatic heterocycles. The SMILES string of the molecule is NCC1(C(=O)Oc2ccc(CCC(=O)O)cc2)CCCCC1. The van der Waals surface area contributed by atoms with Crippen LogP contribution in [0.5, 0.6) is 5.75 Å². The zero-order valence-corrected chi connectivity index (χ0v) is 12.7. The van der Waals surface area contributed by atoms with Crippen LogP contribution in [0.25, 0.3) is 0 Å². The molecule has 5 heteroatoms. The molecule has 2 rings (SSSR count). The summed E-state index contributed by atoms with van der Waals surface area (Å²) in [4.78, 5) is 23.0. The Morgan fingerprint density at radius 1 is 1.14 bits per heavy atom. The molecule has 1 aromatic carbocycles. The summed E-state index contributed by atoms with van der Waals surface area (Å²) < 4.78 is 5.49. The molecule has 0 bridgehead atoms. The first-order valence-corrected chi connectivity index (χ1v) is 7.79. The van der Waals surface area contributed by atoms with E-state index in [4.69, 9.17) is 15.6 Å². The van der Waals surface area contributed by atoms with Crippen LogP contribution in [0.4, 0.5) is 0 Å². The van der Waals surface area contributed by atoms with E-state index in [-0.39, 0.29) is 12.4 Å². The lowest BCUT2D eigenvalue weighted by atomic mass is 9.74. The van der Waals surface area contributed by atoms with Crippen molar-refractivity contribution in [2.45, 2.75) is 44.9 Å². The molecule has 1 saturated carbocycles. The second-order valence-corrected chi connectivity index (χ2v) is 5.97. The molecule has 0 saturated heterocycles. The van der Waals surface area contributed by atoms with Crippen molar-refractivity contribution >= 4 is 11.9 Å². The average molecular weight is 305 g/mol. The Hall–Kier alpha value is -1.88. The quantitative estimate of drug-likeness (QED) is 0.622. The Morgan fingerprint density at radius 2 is 1.77 bits per heavy atom. The van der Waals surface area contributed by atoms with Crippen molar-refractivity contribution in [3.63, 3.8) is 0 Å². The Kier molecular flexibility index (Phi) is 5.55. The normalized spacial score (nSPS) is 17.0. The molecule has 0 unspecified atom stereocenters. The Balaban J connectivity index is 1.97. The molecule has 0 heterocycles. The minimum absolute atomic E-state index is 0.0927. The molecule has 5 nitrogen and oxygen atoms in total. The van der Waals surface area contributed by atoms with E-state index >= 15 is 0 Å². The third-order valence-corrected chi connectivity index (χ3v) is 4.40. The number of ether oxygens (including phenoxy) is 1. The van der Waals surface area contributed by atoms with Crippen molar-refractivity contribution < 1.29 is 19.4 Å². The minimum atomic E-state index is -0.822. The molecule has 1 fully saturated rings. The Labute approximate surface area is 130 Å². The molecule has 0 spiro atoms. The second-order valence-electron chi connectivity index (χ2n) is 5.97. The highest BCUT2D eigenvalue weighted by atomic mass is 16.5. The summed E-state index contributed by atoms with van der Waals surface area (Å²) in [6, 6.07) is 7.01. The summed E-state index contributed by atoms with van der Waals surface area (Å²) in [6.07, 6.45) is 5.32. The molecule has 1 aliphatic carbocycles. The van der Waals surface area contributed by atoms with Crippen molar-refractivity contribution in [3.05, 3.63) is 29.8 Å². The van der Waals surface area contributed by atoms with Crippen molar-refractivity contribution in [3.8, 4) is 5.75 Å². The second kappa shape index (κ2) is 7.40. The number of nitrogens with two attached hydrogens (primary N) is 1. The minimum Gasteiger partial charge on any atom is -0.481 e. The van der Waals surface area contributed by atoms with Crippen LogP contribution in [0.2, 0.25) is 0 Å². The third kappa shape index (κ3) is 4.07. The molecule has 3 N–H and O–H groups in total. The first kappa shape index (κ1) is 16.5. The van der Waals surface area contributed by atoms with E-state index in [1.54, 1.807) is 24.3 Å². The zero-order chi connectivity index (χ0) is 16.0. The molecule has 0 amide bonds. The van der Waals surface area contributed by atoms with E-state index in [0.717, 1.165) is 37.7 Å². The third-order valence-electron chi connectivity index (χ3n) is 4.40. The molecular weight excluding hydrogens is 282 g/mol. The van der Waals surface area contributed by atoms with Crippen LogP contribution in [0.3, 0.4) is 0 Å². The van der Waals surface area contributed by atoms with Gasteiger partial charge in [0.15, 0.2) is 0 Å². The highest BCUT2D eigenvalue weighted by Gasteiger charge is 2.39. The molecular formula is C17H23NO4. The molecule has 1 aliphatic rings. The number of carbonyl (C=O) groups is 2. The van der Waals surface area contributed by atoms with Gasteiger partial charge in [0.25, 0.3) is 0 Å². The van der Waals surface area contributed by atoms with E-state index in [1.165, 1.54) is 0 Å². The molecule has 1 aromatic rings. The van der Waals surface area contributed by atoms with Crippen LogP contribution in [0, 0.1) is 5.41 Å². The predicted molar refractivity (Wildman–Crippen MR) is 82.6 cm³/mol. The number of hydrogen-bond acceptors (Lipinski definition) is 4. The van der Waals surface area contributed by atoms with Crippen LogP contribution in [-0.2, 0) is 16.0 Å². The van der Waals surface area contributed by atoms with Gasteiger partial charge in [0.05, 0.1) is 5.41 Å². The van der Waals surface area contributed by atoms with Crippen molar-refractivity contribution in [1.82, 2.24) is 0 Å². The number of hydrogen-bond donors (Lipinski definition) is 2. The maximum Gasteiger partial charge on any atom is 0.318 e. The molecule has 0 atom stereocenters. The van der Waals surface area contributed by atoms with Gasteiger partial charge < -0.3 is 15.6 Å². The van der Waals surface area contributed by atoms with Gasteiger partial charge in [0.1, 0.15) is 5.75 Å². The van der Waals surface area contributed by atoms with E-state index in [0.29, 0.717) is 18.7 Å². The maximum absolute atomic E-state index is 12.4. The fraction of sp³-hybridized carbons (Fsp3) is 0.529. The van der Waals surface area contributed by atoms with Gasteiger partial charge >= 0.3 is 11.9 Å². The number of carbonyl (C=O) groups excluding carboxylic acids is 1. The van der Waals surface area contributed by atoms with Crippen LogP contribution in [0.15, 0.2) is 24.3 Å². The van der Waals surface area contributed by atoms with Crippen LogP contribution in [0.1, 0.15) is 44.1 Å². The number of carboxylic acid groups (broad SMARTS) is 1. The van der Waals surface area contributed by atoms with E-state index in [9.17, 15) is 9.59 Å². The fourth-order valence-corrected chi connectivity index (χ4v) is 2.91. The van der Waals surface area contributed by atoms with Crippen LogP contribution in [-0.4, -0.2) is 23.6 Å². The standard InChI is InChI=1S/C17H23NO4/c18-12-17(10-2-1-3-11-17)16(21)22-14-7-4-13(5-8-14)6-9-15(19)20/h4-5,7-8H,1-3,6,9-12,18H2,(H,19,20). The van der Waals surface area contributed by atoms with E-state index in [2.05, 4.69) is 0 Å². The van der Waals surface area contributed by atoms with Crippen LogP contribution >= 0.6 is 0 Å². The summed E-state index contributed by atoms with van der Waals surface area (Å²) in [7, 11) is 0. The van der Waals surface area contributed by atoms with Gasteiger partial charge in [0.2, 0.25) is 0 Å². The number of benzene rings is 1. The highest BCUT2D eigenvalue weighted by Crippen LogP contribution is 2.36. The number of aryl methyl sites for hydroxylation is 1. The average Bonchev–Trinajstić information content (AvgIpc) is 2.54. The topological polar surface area (TPSA) is 89.6 Å². The van der Waals surface area contributed by atoms with Crippen molar-refractivity contribution in [2.75, 3.05) is 6.54 Å². The van der Waals surface area contributed by atoms with Gasteiger partial charge in [-0.1, -0.05) is 31.4 Å². The smallest absolute Gasteiger partial charge is 0.318 e. The van der Waals surface area contributed by atoms with Crippen molar-refractivity contribution in [1.29, 1.82) is 0 Å². The monoisotopic (exact) mass is 305 g/mol. The van der Waals surface area contributed by atoms with Gasteiger partial charge in [-0.15, -0.1) is 0 Å². The Bertz CT molecular complexity index is 518. The van der Waals surface area contributed by atoms with Crippen LogP contribution < -0.4 is 10.5 Å². The molecule has 0 aliphatic heterocycles. The maximum atomic E-state index is 12.4. The summed E-state index contributed by atoms with van der Waals surface area (Å²) >= 11 is 0. The summed E-state index contributed by atoms with van der Waals surface area (Å²) in [6.45, 7) is 0.322. The summed E-state index contributed by atoms with van der Waals surface area (Å²) in [5.74, 6) is -0.576. The molecule has 120 valence electrons. The first-order valence-electron chi connectivity index (χ1n) is 7.79. The number of aliphatic carboxylic acids is 1. The number of rotatable bonds is 6. The summed E-state index contributed by atoms with van der Waals surface area (Å²) in [5.41, 5.74) is 6.20. The summed E-state index contributed by atoms with van der Waals surface area (Å²) in [5, 5.41) is 8.67. The lowest BCUT2D eigenvalue weighted by molar-refractivity contribution is -0.147. The lowest BCUT2D eigenvalue weighted by Crippen LogP contribution is -2.42. The lowest BCUT2D eigenvalue weighted by Gasteiger charge is -2.33. The largest absolute Gasteiger partial charge is 0.481 e. The van der Waals surface area contributed by atoms with E-state index in [1.807, 2.05) is 0 Å². The van der Waals surface area contributed by atoms with Gasteiger partial charge in [0, 0.05) is 13.0 Å². The number of carboxylic acids is 1. The van der Waals surface area contributed by atoms with Gasteiger partial charge in [-0.3, -0.25) is 9.59 Å².